The lowest BCUT2D eigenvalue weighted by atomic mass is 9.78. The molecule has 3 rings (SSSR count). The number of alkyl halides is 3. The molecule has 7 nitrogen and oxygen atoms in total. The molecule has 0 bridgehead atoms. The maximum atomic E-state index is 13.1. The van der Waals surface area contributed by atoms with Crippen molar-refractivity contribution in [2.45, 2.75) is 29.3 Å². The van der Waals surface area contributed by atoms with Gasteiger partial charge in [-0.05, 0) is 48.6 Å². The van der Waals surface area contributed by atoms with Crippen molar-refractivity contribution < 1.29 is 34.4 Å². The van der Waals surface area contributed by atoms with Crippen LogP contribution in [0.15, 0.2) is 46.7 Å². The number of piperidine rings is 1. The zero-order valence-electron chi connectivity index (χ0n) is 16.6. The summed E-state index contributed by atoms with van der Waals surface area (Å²) in [6, 6.07) is 8.00. The first-order valence-electron chi connectivity index (χ1n) is 9.44. The molecule has 0 unspecified atom stereocenters. The molecule has 1 aliphatic rings. The van der Waals surface area contributed by atoms with E-state index in [2.05, 4.69) is 4.72 Å². The van der Waals surface area contributed by atoms with Gasteiger partial charge in [-0.3, -0.25) is 0 Å². The summed E-state index contributed by atoms with van der Waals surface area (Å²) in [6.45, 7) is -1.76. The Morgan fingerprint density at radius 2 is 1.62 bits per heavy atom. The van der Waals surface area contributed by atoms with Crippen LogP contribution in [0.2, 0.25) is 0 Å². The van der Waals surface area contributed by atoms with E-state index < -0.39 is 44.2 Å². The molecule has 1 aromatic heterocycles. The highest BCUT2D eigenvalue weighted by molar-refractivity contribution is 7.89. The second kappa shape index (κ2) is 9.35. The Hall–Kier alpha value is -1.58. The van der Waals surface area contributed by atoms with E-state index in [4.69, 9.17) is 0 Å². The van der Waals surface area contributed by atoms with E-state index in [9.17, 15) is 34.4 Å². The summed E-state index contributed by atoms with van der Waals surface area (Å²) in [7, 11) is -8.29. The molecule has 0 aliphatic carbocycles. The molecular weight excluding hydrogens is 494 g/mol. The van der Waals surface area contributed by atoms with Crippen LogP contribution in [0.25, 0.3) is 0 Å². The molecule has 0 atom stereocenters. The lowest BCUT2D eigenvalue weighted by Gasteiger charge is -2.40. The van der Waals surface area contributed by atoms with E-state index in [1.54, 1.807) is 17.5 Å². The van der Waals surface area contributed by atoms with E-state index in [-0.39, 0.29) is 37.4 Å². The Morgan fingerprint density at radius 3 is 2.16 bits per heavy atom. The minimum Gasteiger partial charge on any atom is -0.207 e. The van der Waals surface area contributed by atoms with Gasteiger partial charge >= 0.3 is 6.18 Å². The molecule has 2 N–H and O–H groups in total. The summed E-state index contributed by atoms with van der Waals surface area (Å²) in [4.78, 5) is 0.745. The van der Waals surface area contributed by atoms with Crippen LogP contribution in [-0.4, -0.2) is 53.5 Å². The zero-order chi connectivity index (χ0) is 23.6. The largest absolute Gasteiger partial charge is 0.402 e. The third-order valence-corrected chi connectivity index (χ3v) is 9.32. The maximum Gasteiger partial charge on any atom is 0.402 e. The Bertz CT molecular complexity index is 1110. The molecule has 1 saturated heterocycles. The number of hydrogen-bond donors (Lipinski definition) is 2. The second-order valence-corrected chi connectivity index (χ2v) is 11.8. The quantitative estimate of drug-likeness (QED) is 0.529. The molecule has 2 aromatic rings. The summed E-state index contributed by atoms with van der Waals surface area (Å²) in [5.41, 5.74) is -0.782. The van der Waals surface area contributed by atoms with E-state index in [1.807, 2.05) is 0 Å². The van der Waals surface area contributed by atoms with Crippen molar-refractivity contribution >= 4 is 31.6 Å². The Kier molecular flexibility index (Phi) is 7.32. The van der Waals surface area contributed by atoms with Gasteiger partial charge in [-0.25, -0.2) is 17.5 Å². The van der Waals surface area contributed by atoms with Gasteiger partial charge in [0, 0.05) is 29.9 Å². The average molecular weight is 516 g/mol. The number of nitrogens with zero attached hydrogens (tertiary/aromatic N) is 1. The first kappa shape index (κ1) is 25.1. The highest BCUT2D eigenvalue weighted by Crippen LogP contribution is 2.39. The third kappa shape index (κ3) is 6.05. The molecule has 0 spiro atoms. The van der Waals surface area contributed by atoms with Gasteiger partial charge in [-0.2, -0.15) is 30.6 Å². The number of halogens is 4. The van der Waals surface area contributed by atoms with Crippen molar-refractivity contribution in [1.82, 2.24) is 13.7 Å². The van der Waals surface area contributed by atoms with Crippen LogP contribution in [0, 0.1) is 5.82 Å². The summed E-state index contributed by atoms with van der Waals surface area (Å²) in [6.07, 6.45) is -4.20. The van der Waals surface area contributed by atoms with Crippen molar-refractivity contribution in [1.29, 1.82) is 0 Å². The fraction of sp³-hybridized carbons (Fsp3) is 0.444. The van der Waals surface area contributed by atoms with E-state index >= 15 is 0 Å². The van der Waals surface area contributed by atoms with Crippen molar-refractivity contribution in [3.8, 4) is 0 Å². The Balaban J connectivity index is 1.74. The smallest absolute Gasteiger partial charge is 0.207 e. The van der Waals surface area contributed by atoms with Crippen LogP contribution >= 0.6 is 11.3 Å². The van der Waals surface area contributed by atoms with E-state index in [1.165, 1.54) is 32.5 Å². The Morgan fingerprint density at radius 1 is 1.00 bits per heavy atom. The lowest BCUT2D eigenvalue weighted by Crippen LogP contribution is -2.52. The normalized spacial score (nSPS) is 18.0. The SMILES string of the molecule is O=S(=O)(NCC(F)(F)F)NCC1(c2cccs2)CCN(S(=O)(=O)c2ccc(F)cc2)CC1. The highest BCUT2D eigenvalue weighted by atomic mass is 32.2. The van der Waals surface area contributed by atoms with E-state index in [0.717, 1.165) is 17.0 Å². The second-order valence-electron chi connectivity index (χ2n) is 7.38. The van der Waals surface area contributed by atoms with Crippen LogP contribution < -0.4 is 9.44 Å². The molecule has 2 heterocycles. The van der Waals surface area contributed by atoms with Gasteiger partial charge in [0.05, 0.1) is 4.90 Å². The fourth-order valence-corrected chi connectivity index (χ4v) is 6.81. The summed E-state index contributed by atoms with van der Waals surface area (Å²) in [5.74, 6) is -0.564. The maximum absolute atomic E-state index is 13.1. The van der Waals surface area contributed by atoms with Gasteiger partial charge in [0.25, 0.3) is 10.2 Å². The average Bonchev–Trinajstić information content (AvgIpc) is 3.27. The number of thiophene rings is 1. The first-order chi connectivity index (χ1) is 14.8. The monoisotopic (exact) mass is 515 g/mol. The molecule has 1 aromatic carbocycles. The van der Waals surface area contributed by atoms with Gasteiger partial charge in [-0.15, -0.1) is 11.3 Å². The van der Waals surface area contributed by atoms with Gasteiger partial charge in [0.1, 0.15) is 12.4 Å². The van der Waals surface area contributed by atoms with Gasteiger partial charge < -0.3 is 0 Å². The lowest BCUT2D eigenvalue weighted by molar-refractivity contribution is -0.121. The summed E-state index contributed by atoms with van der Waals surface area (Å²) >= 11 is 1.36. The number of rotatable bonds is 8. The highest BCUT2D eigenvalue weighted by Gasteiger charge is 2.41. The molecule has 178 valence electrons. The van der Waals surface area contributed by atoms with Gasteiger partial charge in [0.15, 0.2) is 0 Å². The van der Waals surface area contributed by atoms with Crippen molar-refractivity contribution in [2.75, 3.05) is 26.2 Å². The number of sulfonamides is 1. The standard InChI is InChI=1S/C18H21F4N3O4S3/c19-14-3-5-15(6-4-14)31(26,27)25-9-7-17(8-10-25,16-2-1-11-30-16)12-23-32(28,29)24-13-18(20,21)22/h1-6,11,23-24H,7-10,12-13H2. The first-order valence-corrected chi connectivity index (χ1v) is 13.2. The topological polar surface area (TPSA) is 95.6 Å². The van der Waals surface area contributed by atoms with Crippen LogP contribution in [0.5, 0.6) is 0 Å². The summed E-state index contributed by atoms with van der Waals surface area (Å²) < 4.78 is 105. The number of benzene rings is 1. The van der Waals surface area contributed by atoms with Gasteiger partial charge in [0.2, 0.25) is 10.0 Å². The molecule has 14 heteroatoms. The minimum absolute atomic E-state index is 0.0559. The molecule has 0 radical (unpaired) electrons. The molecule has 32 heavy (non-hydrogen) atoms. The fourth-order valence-electron chi connectivity index (χ4n) is 3.46. The van der Waals surface area contributed by atoms with Crippen molar-refractivity contribution in [2.24, 2.45) is 0 Å². The summed E-state index contributed by atoms with van der Waals surface area (Å²) in [5, 5.41) is 1.79. The predicted octanol–water partition coefficient (Wildman–Crippen LogP) is 2.60. The van der Waals surface area contributed by atoms with Crippen LogP contribution in [0.4, 0.5) is 17.6 Å². The van der Waals surface area contributed by atoms with Crippen LogP contribution in [0.1, 0.15) is 17.7 Å². The zero-order valence-corrected chi connectivity index (χ0v) is 19.1. The molecule has 1 fully saturated rings. The number of hydrogen-bond acceptors (Lipinski definition) is 5. The molecule has 1 aliphatic heterocycles. The van der Waals surface area contributed by atoms with E-state index in [0.29, 0.717) is 0 Å². The van der Waals surface area contributed by atoms with Crippen LogP contribution in [-0.2, 0) is 25.6 Å². The van der Waals surface area contributed by atoms with Crippen molar-refractivity contribution in [3.63, 3.8) is 0 Å². The molecule has 0 saturated carbocycles. The number of nitrogens with one attached hydrogen (secondary N) is 2. The predicted molar refractivity (Wildman–Crippen MR) is 111 cm³/mol. The van der Waals surface area contributed by atoms with Crippen molar-refractivity contribution in [3.05, 3.63) is 52.5 Å². The minimum atomic E-state index is -4.69. The molecule has 0 amide bonds. The van der Waals surface area contributed by atoms with Gasteiger partial charge in [-0.1, -0.05) is 6.07 Å². The Labute approximate surface area is 187 Å². The van der Waals surface area contributed by atoms with Crippen LogP contribution in [0.3, 0.4) is 0 Å². The molecular formula is C18H21F4N3O4S3. The third-order valence-electron chi connectivity index (χ3n) is 5.24.